The number of amides is 1. The molecule has 1 amide bonds. The van der Waals surface area contributed by atoms with Crippen molar-refractivity contribution in [3.63, 3.8) is 0 Å². The summed E-state index contributed by atoms with van der Waals surface area (Å²) < 4.78 is 23.0. The maximum absolute atomic E-state index is 12.2. The minimum Gasteiger partial charge on any atom is -0.508 e. The molecule has 0 aliphatic carbocycles. The fraction of sp³-hybridized carbons (Fsp3) is 0.389. The molecule has 1 aliphatic rings. The van der Waals surface area contributed by atoms with Crippen LogP contribution in [-0.4, -0.2) is 65.9 Å². The molecule has 1 unspecified atom stereocenters. The molecular formula is C18H23N4O10P. The molecule has 2 heterocycles. The minimum absolute atomic E-state index is 0.0886. The number of nitrogens with zero attached hydrogens (tertiary/aromatic N) is 2. The van der Waals surface area contributed by atoms with Crippen molar-refractivity contribution in [3.8, 4) is 5.75 Å². The van der Waals surface area contributed by atoms with E-state index in [-0.39, 0.29) is 17.9 Å². The summed E-state index contributed by atoms with van der Waals surface area (Å²) in [5.74, 6) is -0.519. The molecule has 1 aliphatic heterocycles. The number of aliphatic hydroxyl groups is 2. The molecule has 1 saturated heterocycles. The first kappa shape index (κ1) is 24.8. The van der Waals surface area contributed by atoms with Crippen molar-refractivity contribution in [2.24, 2.45) is 0 Å². The Morgan fingerprint density at radius 1 is 1.30 bits per heavy atom. The summed E-state index contributed by atoms with van der Waals surface area (Å²) in [6.07, 6.45) is -6.38. The van der Waals surface area contributed by atoms with Crippen molar-refractivity contribution in [3.05, 3.63) is 52.1 Å². The summed E-state index contributed by atoms with van der Waals surface area (Å²) in [7, 11) is -5.19. The number of phenols is 1. The highest BCUT2D eigenvalue weighted by atomic mass is 31.2. The van der Waals surface area contributed by atoms with E-state index in [2.05, 4.69) is 10.3 Å². The second kappa shape index (κ2) is 9.97. The zero-order chi connectivity index (χ0) is 24.3. The van der Waals surface area contributed by atoms with Gasteiger partial charge in [-0.2, -0.15) is 4.98 Å². The summed E-state index contributed by atoms with van der Waals surface area (Å²) in [6, 6.07) is 5.37. The van der Waals surface area contributed by atoms with Crippen LogP contribution in [0.5, 0.6) is 5.75 Å². The first-order valence-electron chi connectivity index (χ1n) is 9.61. The molecular weight excluding hydrogens is 463 g/mol. The van der Waals surface area contributed by atoms with Crippen molar-refractivity contribution >= 4 is 20.1 Å². The average Bonchev–Trinajstić information content (AvgIpc) is 3.02. The van der Waals surface area contributed by atoms with Crippen LogP contribution in [0.2, 0.25) is 0 Å². The Morgan fingerprint density at radius 2 is 2.03 bits per heavy atom. The van der Waals surface area contributed by atoms with E-state index in [1.54, 1.807) is 0 Å². The molecule has 1 aromatic carbocycles. The molecule has 5 atom stereocenters. The smallest absolute Gasteiger partial charge is 0.470 e. The maximum atomic E-state index is 12.2. The average molecular weight is 486 g/mol. The van der Waals surface area contributed by atoms with Crippen LogP contribution in [-0.2, 0) is 25.0 Å². The second-order valence-electron chi connectivity index (χ2n) is 7.25. The monoisotopic (exact) mass is 486 g/mol. The van der Waals surface area contributed by atoms with Gasteiger partial charge in [-0.15, -0.1) is 0 Å². The number of anilines is 1. The van der Waals surface area contributed by atoms with Gasteiger partial charge >= 0.3 is 13.5 Å². The number of ether oxygens (including phenoxy) is 1. The Bertz CT molecular complexity index is 1110. The number of hydrogen-bond donors (Lipinski definition) is 7. The molecule has 0 saturated carbocycles. The van der Waals surface area contributed by atoms with Crippen LogP contribution in [0.3, 0.4) is 0 Å². The Balaban J connectivity index is 1.99. The molecule has 180 valence electrons. The highest BCUT2D eigenvalue weighted by Gasteiger charge is 2.50. The molecule has 3 rings (SSSR count). The first-order chi connectivity index (χ1) is 15.5. The standard InChI is InChI=1S/C18H23N4O10P/c19-12-4-6-22(18(27)21-12)17-14(26)13(25)16(31-17)15(32-33(28,29)30)10-7-9(1-2-11(10)24)3-5-20-8-23/h1-2,4,6-8,13-17,24-26H,3,5H2,(H,20,23)(H2,19,21,27)(H2,28,29,30)/t13-,14+,15?,16-,17+/m0/s1. The molecule has 1 aromatic heterocycles. The summed E-state index contributed by atoms with van der Waals surface area (Å²) in [5.41, 5.74) is 4.96. The summed E-state index contributed by atoms with van der Waals surface area (Å²) in [5, 5.41) is 33.9. The number of nitrogen functional groups attached to an aromatic ring is 1. The van der Waals surface area contributed by atoms with Crippen molar-refractivity contribution in [1.82, 2.24) is 14.9 Å². The third-order valence-electron chi connectivity index (χ3n) is 4.99. The number of aromatic hydroxyl groups is 1. The predicted molar refractivity (Wildman–Crippen MR) is 111 cm³/mol. The van der Waals surface area contributed by atoms with Gasteiger partial charge in [0.25, 0.3) is 0 Å². The maximum Gasteiger partial charge on any atom is 0.470 e. The van der Waals surface area contributed by atoms with Gasteiger partial charge in [0, 0.05) is 18.3 Å². The van der Waals surface area contributed by atoms with Crippen LogP contribution in [0.25, 0.3) is 0 Å². The highest BCUT2D eigenvalue weighted by Crippen LogP contribution is 2.49. The van der Waals surface area contributed by atoms with Crippen LogP contribution in [0.4, 0.5) is 5.82 Å². The van der Waals surface area contributed by atoms with Gasteiger partial charge in [0.15, 0.2) is 6.23 Å². The van der Waals surface area contributed by atoms with Crippen molar-refractivity contribution in [1.29, 1.82) is 0 Å². The van der Waals surface area contributed by atoms with E-state index in [0.29, 0.717) is 18.4 Å². The quantitative estimate of drug-likeness (QED) is 0.119. The topological polar surface area (TPSA) is 227 Å². The van der Waals surface area contributed by atoms with Crippen LogP contribution in [0, 0.1) is 0 Å². The molecule has 1 fully saturated rings. The number of nitrogens with one attached hydrogen (secondary N) is 1. The minimum atomic E-state index is -5.19. The molecule has 14 nitrogen and oxygen atoms in total. The third-order valence-corrected chi connectivity index (χ3v) is 5.49. The zero-order valence-corrected chi connectivity index (χ0v) is 17.9. The fourth-order valence-electron chi connectivity index (χ4n) is 3.49. The van der Waals surface area contributed by atoms with Gasteiger partial charge in [-0.1, -0.05) is 6.07 Å². The molecule has 33 heavy (non-hydrogen) atoms. The van der Waals surface area contributed by atoms with E-state index in [9.17, 15) is 39.3 Å². The number of benzene rings is 1. The lowest BCUT2D eigenvalue weighted by Crippen LogP contribution is -2.37. The van der Waals surface area contributed by atoms with Crippen molar-refractivity contribution in [2.75, 3.05) is 12.3 Å². The number of nitrogens with two attached hydrogens (primary N) is 1. The summed E-state index contributed by atoms with van der Waals surface area (Å²) >= 11 is 0. The van der Waals surface area contributed by atoms with Gasteiger partial charge < -0.3 is 40.9 Å². The number of aliphatic hydroxyl groups excluding tert-OH is 2. The van der Waals surface area contributed by atoms with Crippen molar-refractivity contribution < 1.29 is 43.7 Å². The number of carbonyl (C=O) groups excluding carboxylic acids is 1. The Hall–Kier alpha value is -2.84. The molecule has 2 aromatic rings. The van der Waals surface area contributed by atoms with Crippen LogP contribution in [0.15, 0.2) is 35.3 Å². The number of rotatable bonds is 9. The molecule has 0 radical (unpaired) electrons. The second-order valence-corrected chi connectivity index (χ2v) is 8.44. The van der Waals surface area contributed by atoms with E-state index in [1.807, 2.05) is 0 Å². The highest BCUT2D eigenvalue weighted by molar-refractivity contribution is 7.46. The zero-order valence-electron chi connectivity index (χ0n) is 17.0. The van der Waals surface area contributed by atoms with Crippen LogP contribution in [0.1, 0.15) is 23.5 Å². The lowest BCUT2D eigenvalue weighted by atomic mass is 9.96. The Labute approximate surface area is 186 Å². The number of phenolic OH excluding ortho intramolecular Hbond substituents is 1. The number of phosphoric acid groups is 1. The molecule has 0 bridgehead atoms. The third kappa shape index (κ3) is 5.75. The van der Waals surface area contributed by atoms with Gasteiger partial charge in [0.2, 0.25) is 6.41 Å². The number of aromatic nitrogens is 2. The first-order valence-corrected chi connectivity index (χ1v) is 11.1. The van der Waals surface area contributed by atoms with E-state index in [4.69, 9.17) is 15.0 Å². The lowest BCUT2D eigenvalue weighted by molar-refractivity contribution is -0.109. The predicted octanol–water partition coefficient (Wildman–Crippen LogP) is -1.71. The van der Waals surface area contributed by atoms with Gasteiger partial charge in [0.1, 0.15) is 36.0 Å². The van der Waals surface area contributed by atoms with Crippen LogP contribution >= 0.6 is 7.82 Å². The van der Waals surface area contributed by atoms with Gasteiger partial charge in [-0.25, -0.2) is 9.36 Å². The number of carbonyl (C=O) groups is 1. The lowest BCUT2D eigenvalue weighted by Gasteiger charge is -2.27. The Morgan fingerprint density at radius 3 is 2.67 bits per heavy atom. The van der Waals surface area contributed by atoms with Gasteiger partial charge in [-0.3, -0.25) is 13.9 Å². The number of phosphoric ester groups is 1. The largest absolute Gasteiger partial charge is 0.508 e. The van der Waals surface area contributed by atoms with Gasteiger partial charge in [0.05, 0.1) is 0 Å². The van der Waals surface area contributed by atoms with E-state index < -0.39 is 49.9 Å². The SMILES string of the molecule is Nc1ccn([C@@H]2O[C@H](C(OP(=O)(O)O)c3cc(CCNC=O)ccc3O)[C@@H](O)[C@H]2O)c(=O)n1. The normalized spacial score (nSPS) is 23.9. The molecule has 15 heteroatoms. The van der Waals surface area contributed by atoms with Crippen LogP contribution < -0.4 is 16.7 Å². The Kier molecular flexibility index (Phi) is 7.49. The molecule has 8 N–H and O–H groups in total. The number of hydrogen-bond acceptors (Lipinski definition) is 10. The van der Waals surface area contributed by atoms with E-state index >= 15 is 0 Å². The fourth-order valence-corrected chi connectivity index (χ4v) is 4.02. The summed E-state index contributed by atoms with van der Waals surface area (Å²) in [4.78, 5) is 45.0. The van der Waals surface area contributed by atoms with E-state index in [0.717, 1.165) is 4.57 Å². The van der Waals surface area contributed by atoms with Gasteiger partial charge in [-0.05, 0) is 30.2 Å². The molecule has 0 spiro atoms. The van der Waals surface area contributed by atoms with E-state index in [1.165, 1.54) is 30.5 Å². The summed E-state index contributed by atoms with van der Waals surface area (Å²) in [6.45, 7) is 0.244. The van der Waals surface area contributed by atoms with Crippen molar-refractivity contribution in [2.45, 2.75) is 37.1 Å².